The summed E-state index contributed by atoms with van der Waals surface area (Å²) in [5.74, 6) is 1.93. The predicted molar refractivity (Wildman–Crippen MR) is 117 cm³/mol. The largest absolute Gasteiger partial charge is 0.490 e. The number of piperidine rings is 1. The van der Waals surface area contributed by atoms with Gasteiger partial charge in [-0.05, 0) is 56.0 Å². The molecule has 2 aliphatic heterocycles. The van der Waals surface area contributed by atoms with Crippen LogP contribution in [-0.4, -0.2) is 58.4 Å². The van der Waals surface area contributed by atoms with E-state index in [1.54, 1.807) is 6.34 Å². The molecule has 3 aliphatic rings. The maximum atomic E-state index is 5.98. The van der Waals surface area contributed by atoms with Gasteiger partial charge >= 0.3 is 0 Å². The van der Waals surface area contributed by atoms with Crippen molar-refractivity contribution in [2.75, 3.05) is 24.7 Å². The second kappa shape index (κ2) is 7.28. The molecule has 8 heteroatoms. The van der Waals surface area contributed by atoms with Crippen LogP contribution in [0.5, 0.6) is 5.75 Å². The third kappa shape index (κ3) is 3.37. The van der Waals surface area contributed by atoms with Gasteiger partial charge < -0.3 is 15.1 Å². The Bertz CT molecular complexity index is 1070. The fourth-order valence-corrected chi connectivity index (χ4v) is 4.32. The Kier molecular flexibility index (Phi) is 4.30. The van der Waals surface area contributed by atoms with Crippen LogP contribution in [0.3, 0.4) is 0 Å². The Morgan fingerprint density at radius 3 is 2.73 bits per heavy atom. The van der Waals surface area contributed by atoms with E-state index in [9.17, 15) is 0 Å². The van der Waals surface area contributed by atoms with Crippen LogP contribution in [0.25, 0.3) is 22.2 Å². The summed E-state index contributed by atoms with van der Waals surface area (Å²) in [5, 5.41) is 11.1. The zero-order valence-electron chi connectivity index (χ0n) is 16.8. The standard InChI is InChI=1S/C22H25N7O/c1-2-17(1)30-18-3-4-20-19(12-18)22(27-26-20)15-5-8-24-21(11-15)28-9-6-16(7-10-28)29-14-23-13-25-29/h3-5,8,11-13,16-17H,1-2,6-7,9-10,14H2,(H,23,25)(H,26,27). The molecule has 2 aromatic heterocycles. The summed E-state index contributed by atoms with van der Waals surface area (Å²) >= 11 is 0. The van der Waals surface area contributed by atoms with Crippen molar-refractivity contribution in [1.29, 1.82) is 0 Å². The van der Waals surface area contributed by atoms with Crippen molar-refractivity contribution in [1.82, 2.24) is 25.6 Å². The van der Waals surface area contributed by atoms with Gasteiger partial charge in [-0.25, -0.2) is 4.98 Å². The van der Waals surface area contributed by atoms with Crippen molar-refractivity contribution in [3.05, 3.63) is 36.5 Å². The normalized spacial score (nSPS) is 20.1. The Morgan fingerprint density at radius 2 is 1.93 bits per heavy atom. The minimum absolute atomic E-state index is 0.385. The monoisotopic (exact) mass is 403 g/mol. The van der Waals surface area contributed by atoms with Crippen LogP contribution in [0.2, 0.25) is 0 Å². The van der Waals surface area contributed by atoms with Gasteiger partial charge in [0.2, 0.25) is 0 Å². The smallest absolute Gasteiger partial charge is 0.129 e. The van der Waals surface area contributed by atoms with Gasteiger partial charge in [-0.3, -0.25) is 10.1 Å². The lowest BCUT2D eigenvalue weighted by molar-refractivity contribution is 0.158. The van der Waals surface area contributed by atoms with Crippen LogP contribution in [0.1, 0.15) is 25.7 Å². The lowest BCUT2D eigenvalue weighted by Gasteiger charge is -2.36. The first-order valence-electron chi connectivity index (χ1n) is 10.7. The highest BCUT2D eigenvalue weighted by molar-refractivity contribution is 5.94. The van der Waals surface area contributed by atoms with Gasteiger partial charge in [0.15, 0.2) is 0 Å². The molecule has 1 aliphatic carbocycles. The topological polar surface area (TPSA) is 81.7 Å². The second-order valence-electron chi connectivity index (χ2n) is 8.27. The van der Waals surface area contributed by atoms with E-state index >= 15 is 0 Å². The molecule has 1 saturated heterocycles. The molecule has 2 fully saturated rings. The molecule has 1 saturated carbocycles. The van der Waals surface area contributed by atoms with Gasteiger partial charge in [0, 0.05) is 36.3 Å². The van der Waals surface area contributed by atoms with E-state index in [4.69, 9.17) is 4.74 Å². The number of fused-ring (bicyclic) bond motifs is 1. The average Bonchev–Trinajstić information content (AvgIpc) is 3.27. The van der Waals surface area contributed by atoms with Gasteiger partial charge in [0.1, 0.15) is 23.9 Å². The molecule has 3 aromatic rings. The molecule has 154 valence electrons. The van der Waals surface area contributed by atoms with E-state index < -0.39 is 0 Å². The zero-order chi connectivity index (χ0) is 19.9. The van der Waals surface area contributed by atoms with Crippen LogP contribution >= 0.6 is 0 Å². The molecule has 0 atom stereocenters. The highest BCUT2D eigenvalue weighted by Crippen LogP contribution is 2.33. The Hall–Kier alpha value is -3.13. The van der Waals surface area contributed by atoms with Gasteiger partial charge in [-0.1, -0.05) is 0 Å². The third-order valence-electron chi connectivity index (χ3n) is 6.16. The van der Waals surface area contributed by atoms with Crippen molar-refractivity contribution in [3.63, 3.8) is 0 Å². The molecular weight excluding hydrogens is 378 g/mol. The summed E-state index contributed by atoms with van der Waals surface area (Å²) in [7, 11) is 0. The SMILES string of the molecule is C1=NCN(C2CCN(c3cc(-c4n[nH]c5ccc(OC6CC6)cc45)ccn3)CC2)N1. The lowest BCUT2D eigenvalue weighted by Crippen LogP contribution is -2.48. The van der Waals surface area contributed by atoms with Crippen LogP contribution in [0.4, 0.5) is 5.82 Å². The molecule has 1 aromatic carbocycles. The number of aliphatic imine (C=N–C) groups is 1. The number of anilines is 1. The molecule has 0 unspecified atom stereocenters. The average molecular weight is 403 g/mol. The van der Waals surface area contributed by atoms with E-state index in [0.717, 1.165) is 79.2 Å². The molecule has 8 nitrogen and oxygen atoms in total. The molecule has 30 heavy (non-hydrogen) atoms. The molecule has 6 rings (SSSR count). The van der Waals surface area contributed by atoms with Gasteiger partial charge in [0.25, 0.3) is 0 Å². The molecule has 0 bridgehead atoms. The minimum atomic E-state index is 0.385. The molecule has 4 heterocycles. The predicted octanol–water partition coefficient (Wildman–Crippen LogP) is 2.94. The van der Waals surface area contributed by atoms with Crippen molar-refractivity contribution < 1.29 is 4.74 Å². The number of aromatic amines is 1. The van der Waals surface area contributed by atoms with Crippen LogP contribution in [-0.2, 0) is 0 Å². The maximum Gasteiger partial charge on any atom is 0.129 e. The molecular formula is C22H25N7O. The van der Waals surface area contributed by atoms with Gasteiger partial charge in [0.05, 0.1) is 18.0 Å². The summed E-state index contributed by atoms with van der Waals surface area (Å²) < 4.78 is 5.98. The first-order chi connectivity index (χ1) is 14.8. The minimum Gasteiger partial charge on any atom is -0.490 e. The summed E-state index contributed by atoms with van der Waals surface area (Å²) in [6, 6.07) is 10.9. The van der Waals surface area contributed by atoms with Crippen molar-refractivity contribution >= 4 is 23.1 Å². The highest BCUT2D eigenvalue weighted by atomic mass is 16.5. The number of H-pyrrole nitrogens is 1. The highest BCUT2D eigenvalue weighted by Gasteiger charge is 2.26. The second-order valence-corrected chi connectivity index (χ2v) is 8.27. The number of aromatic nitrogens is 3. The molecule has 0 radical (unpaired) electrons. The number of benzene rings is 1. The number of ether oxygens (including phenoxy) is 1. The summed E-state index contributed by atoms with van der Waals surface area (Å²) in [6.45, 7) is 2.72. The van der Waals surface area contributed by atoms with Crippen molar-refractivity contribution in [3.8, 4) is 17.0 Å². The number of rotatable bonds is 5. The zero-order valence-corrected chi connectivity index (χ0v) is 16.8. The molecule has 2 N–H and O–H groups in total. The fraction of sp³-hybridized carbons (Fsp3) is 0.409. The molecule has 0 amide bonds. The lowest BCUT2D eigenvalue weighted by atomic mass is 10.0. The van der Waals surface area contributed by atoms with E-state index in [1.807, 2.05) is 24.4 Å². The first kappa shape index (κ1) is 17.7. The number of nitrogens with zero attached hydrogens (tertiary/aromatic N) is 5. The fourth-order valence-electron chi connectivity index (χ4n) is 4.32. The first-order valence-corrected chi connectivity index (χ1v) is 10.7. The van der Waals surface area contributed by atoms with E-state index in [-0.39, 0.29) is 0 Å². The molecule has 0 spiro atoms. The summed E-state index contributed by atoms with van der Waals surface area (Å²) in [6.07, 6.45) is 8.55. The number of pyridine rings is 1. The third-order valence-corrected chi connectivity index (χ3v) is 6.16. The van der Waals surface area contributed by atoms with E-state index in [1.165, 1.54) is 0 Å². The Labute approximate surface area is 174 Å². The van der Waals surface area contributed by atoms with Crippen LogP contribution < -0.4 is 15.1 Å². The number of nitrogens with one attached hydrogen (secondary N) is 2. The van der Waals surface area contributed by atoms with Crippen LogP contribution in [0.15, 0.2) is 41.5 Å². The Balaban J connectivity index is 1.22. The van der Waals surface area contributed by atoms with Gasteiger partial charge in [-0.2, -0.15) is 10.1 Å². The Morgan fingerprint density at radius 1 is 1.03 bits per heavy atom. The van der Waals surface area contributed by atoms with Gasteiger partial charge in [-0.15, -0.1) is 0 Å². The number of hydrazine groups is 1. The number of hydrogen-bond acceptors (Lipinski definition) is 7. The van der Waals surface area contributed by atoms with Crippen molar-refractivity contribution in [2.45, 2.75) is 37.8 Å². The quantitative estimate of drug-likeness (QED) is 0.682. The van der Waals surface area contributed by atoms with E-state index in [0.29, 0.717) is 12.1 Å². The number of hydrogen-bond donors (Lipinski definition) is 2. The van der Waals surface area contributed by atoms with E-state index in [2.05, 4.69) is 47.6 Å². The summed E-state index contributed by atoms with van der Waals surface area (Å²) in [4.78, 5) is 11.3. The van der Waals surface area contributed by atoms with Crippen molar-refractivity contribution in [2.24, 2.45) is 4.99 Å². The van der Waals surface area contributed by atoms with Crippen LogP contribution in [0, 0.1) is 0 Å². The maximum absolute atomic E-state index is 5.98. The summed E-state index contributed by atoms with van der Waals surface area (Å²) in [5.41, 5.74) is 6.28.